The first-order valence-corrected chi connectivity index (χ1v) is 13.3. The molecule has 1 amide bonds. The summed E-state index contributed by atoms with van der Waals surface area (Å²) in [6.45, 7) is 6.68. The molecule has 0 bridgehead atoms. The molecule has 1 aliphatic heterocycles. The van der Waals surface area contributed by atoms with Gasteiger partial charge in [0.05, 0.1) is 6.61 Å². The zero-order chi connectivity index (χ0) is 27.1. The van der Waals surface area contributed by atoms with Gasteiger partial charge in [0.15, 0.2) is 12.4 Å². The summed E-state index contributed by atoms with van der Waals surface area (Å²) in [6.07, 6.45) is 1.94. The van der Waals surface area contributed by atoms with Gasteiger partial charge in [0, 0.05) is 47.8 Å². The minimum absolute atomic E-state index is 0.0393. The highest BCUT2D eigenvalue weighted by Crippen LogP contribution is 2.32. The van der Waals surface area contributed by atoms with Gasteiger partial charge in [-0.15, -0.1) is 0 Å². The van der Waals surface area contributed by atoms with Crippen LogP contribution in [0, 0.1) is 0 Å². The Labute approximate surface area is 228 Å². The van der Waals surface area contributed by atoms with E-state index in [1.807, 2.05) is 6.07 Å². The molecule has 1 aromatic heterocycles. The molecule has 0 unspecified atom stereocenters. The largest absolute Gasteiger partial charge is 0.490 e. The quantitative estimate of drug-likeness (QED) is 0.277. The van der Waals surface area contributed by atoms with Gasteiger partial charge in [0.1, 0.15) is 29.3 Å². The molecule has 3 aromatic rings. The number of ketones is 1. The Bertz CT molecular complexity index is 1270. The molecule has 1 atom stereocenters. The standard InChI is InChI=1S/C29H34ClN3O5/c1-19(2)33-13-5-6-22(17-33)31-29(35)24-16-27(37-15-14-36-3)23-7-4-8-26(28(23)32-24)38-18-25(34)20-9-11-21(30)12-10-20/h4,7-12,16,19,22H,5-6,13-15,17-18H2,1-3H3,(H,31,35)/t22-/m1/s1. The first-order chi connectivity index (χ1) is 18.4. The van der Waals surface area contributed by atoms with Gasteiger partial charge in [-0.3, -0.25) is 14.5 Å². The minimum Gasteiger partial charge on any atom is -0.490 e. The highest BCUT2D eigenvalue weighted by atomic mass is 35.5. The molecule has 1 fully saturated rings. The topological polar surface area (TPSA) is 90.0 Å². The SMILES string of the molecule is COCCOc1cc(C(=O)N[C@@H]2CCCN(C(C)C)C2)nc2c(OCC(=O)c3ccc(Cl)cc3)cccc12. The maximum Gasteiger partial charge on any atom is 0.270 e. The lowest BCUT2D eigenvalue weighted by atomic mass is 10.0. The van der Waals surface area contributed by atoms with Crippen molar-refractivity contribution in [2.45, 2.75) is 38.8 Å². The normalized spacial score (nSPS) is 16.0. The van der Waals surface area contributed by atoms with E-state index in [1.54, 1.807) is 49.6 Å². The van der Waals surface area contributed by atoms with Gasteiger partial charge in [0.2, 0.25) is 0 Å². The summed E-state index contributed by atoms with van der Waals surface area (Å²) in [6, 6.07) is 14.1. The Morgan fingerprint density at radius 3 is 2.63 bits per heavy atom. The first-order valence-electron chi connectivity index (χ1n) is 12.9. The summed E-state index contributed by atoms with van der Waals surface area (Å²) in [5, 5.41) is 4.38. The number of carbonyl (C=O) groups is 2. The number of methoxy groups -OCH3 is 1. The van der Waals surface area contributed by atoms with Gasteiger partial charge in [-0.05, 0) is 69.6 Å². The van der Waals surface area contributed by atoms with Crippen LogP contribution in [-0.4, -0.2) is 73.7 Å². The molecule has 9 heteroatoms. The number of amides is 1. The second-order valence-electron chi connectivity index (χ2n) is 9.62. The Hall–Kier alpha value is -3.20. The van der Waals surface area contributed by atoms with Gasteiger partial charge >= 0.3 is 0 Å². The third-order valence-corrected chi connectivity index (χ3v) is 6.84. The van der Waals surface area contributed by atoms with E-state index in [4.69, 9.17) is 25.8 Å². The number of hydrogen-bond acceptors (Lipinski definition) is 7. The lowest BCUT2D eigenvalue weighted by Crippen LogP contribution is -2.49. The van der Waals surface area contributed by atoms with Crippen molar-refractivity contribution in [2.75, 3.05) is 40.0 Å². The summed E-state index contributed by atoms with van der Waals surface area (Å²) in [5.41, 5.74) is 1.17. The van der Waals surface area contributed by atoms with E-state index in [9.17, 15) is 9.59 Å². The summed E-state index contributed by atoms with van der Waals surface area (Å²) >= 11 is 5.93. The van der Waals surface area contributed by atoms with Gasteiger partial charge in [-0.2, -0.15) is 0 Å². The lowest BCUT2D eigenvalue weighted by molar-refractivity contribution is 0.0879. The predicted octanol–water partition coefficient (Wildman–Crippen LogP) is 4.78. The van der Waals surface area contributed by atoms with Crippen LogP contribution in [-0.2, 0) is 4.74 Å². The van der Waals surface area contributed by atoms with Crippen molar-refractivity contribution in [3.63, 3.8) is 0 Å². The molecule has 1 saturated heterocycles. The van der Waals surface area contributed by atoms with Crippen molar-refractivity contribution >= 4 is 34.2 Å². The molecule has 1 aliphatic rings. The fraction of sp³-hybridized carbons (Fsp3) is 0.414. The maximum atomic E-state index is 13.3. The van der Waals surface area contributed by atoms with Crippen molar-refractivity contribution < 1.29 is 23.8 Å². The molecule has 2 heterocycles. The van der Waals surface area contributed by atoms with E-state index < -0.39 is 0 Å². The number of para-hydroxylation sites is 1. The summed E-state index contributed by atoms with van der Waals surface area (Å²) in [4.78, 5) is 33.0. The third kappa shape index (κ3) is 7.01. The molecular formula is C29H34ClN3O5. The van der Waals surface area contributed by atoms with Crippen LogP contribution in [0.5, 0.6) is 11.5 Å². The number of aromatic nitrogens is 1. The number of Topliss-reactive ketones (excluding diaryl/α,β-unsaturated/α-hetero) is 1. The van der Waals surface area contributed by atoms with Crippen LogP contribution in [0.4, 0.5) is 0 Å². The van der Waals surface area contributed by atoms with Crippen LogP contribution < -0.4 is 14.8 Å². The summed E-state index contributed by atoms with van der Waals surface area (Å²) < 4.78 is 17.0. The summed E-state index contributed by atoms with van der Waals surface area (Å²) in [7, 11) is 1.60. The van der Waals surface area contributed by atoms with Crippen molar-refractivity contribution in [2.24, 2.45) is 0 Å². The average molecular weight is 540 g/mol. The molecule has 4 rings (SSSR count). The summed E-state index contributed by atoms with van der Waals surface area (Å²) in [5.74, 6) is 0.418. The fourth-order valence-electron chi connectivity index (χ4n) is 4.49. The van der Waals surface area contributed by atoms with Crippen LogP contribution in [0.2, 0.25) is 5.02 Å². The zero-order valence-electron chi connectivity index (χ0n) is 22.0. The van der Waals surface area contributed by atoms with E-state index in [0.29, 0.717) is 52.2 Å². The predicted molar refractivity (Wildman–Crippen MR) is 148 cm³/mol. The van der Waals surface area contributed by atoms with Crippen LogP contribution >= 0.6 is 11.6 Å². The van der Waals surface area contributed by atoms with Crippen LogP contribution in [0.15, 0.2) is 48.5 Å². The Morgan fingerprint density at radius 2 is 1.89 bits per heavy atom. The van der Waals surface area contributed by atoms with Gasteiger partial charge in [-0.1, -0.05) is 17.7 Å². The van der Waals surface area contributed by atoms with E-state index in [-0.39, 0.29) is 30.0 Å². The van der Waals surface area contributed by atoms with Crippen molar-refractivity contribution in [1.82, 2.24) is 15.2 Å². The molecule has 38 heavy (non-hydrogen) atoms. The maximum absolute atomic E-state index is 13.3. The van der Waals surface area contributed by atoms with Gasteiger partial charge in [0.25, 0.3) is 5.91 Å². The van der Waals surface area contributed by atoms with Crippen molar-refractivity contribution in [3.8, 4) is 11.5 Å². The molecule has 0 radical (unpaired) electrons. The second kappa shape index (κ2) is 13.0. The number of carbonyl (C=O) groups excluding carboxylic acids is 2. The van der Waals surface area contributed by atoms with E-state index in [0.717, 1.165) is 25.9 Å². The van der Waals surface area contributed by atoms with E-state index in [1.165, 1.54) is 0 Å². The highest BCUT2D eigenvalue weighted by molar-refractivity contribution is 6.30. The molecule has 8 nitrogen and oxygen atoms in total. The van der Waals surface area contributed by atoms with E-state index in [2.05, 4.69) is 29.0 Å². The number of pyridine rings is 1. The lowest BCUT2D eigenvalue weighted by Gasteiger charge is -2.35. The average Bonchev–Trinajstić information content (AvgIpc) is 2.92. The number of benzene rings is 2. The Kier molecular flexibility index (Phi) is 9.55. The van der Waals surface area contributed by atoms with Crippen molar-refractivity contribution in [1.29, 1.82) is 0 Å². The number of halogens is 1. The number of piperidine rings is 1. The minimum atomic E-state index is -0.272. The van der Waals surface area contributed by atoms with Crippen LogP contribution in [0.3, 0.4) is 0 Å². The Morgan fingerprint density at radius 1 is 1.11 bits per heavy atom. The number of likely N-dealkylation sites (tertiary alicyclic amines) is 1. The number of nitrogens with one attached hydrogen (secondary N) is 1. The Balaban J connectivity index is 1.59. The number of ether oxygens (including phenoxy) is 3. The number of rotatable bonds is 11. The smallest absolute Gasteiger partial charge is 0.270 e. The molecule has 0 spiro atoms. The molecule has 202 valence electrons. The number of hydrogen-bond donors (Lipinski definition) is 1. The highest BCUT2D eigenvalue weighted by Gasteiger charge is 2.25. The third-order valence-electron chi connectivity index (χ3n) is 6.59. The first kappa shape index (κ1) is 27.8. The fourth-order valence-corrected chi connectivity index (χ4v) is 4.62. The second-order valence-corrected chi connectivity index (χ2v) is 10.1. The number of fused-ring (bicyclic) bond motifs is 1. The monoisotopic (exact) mass is 539 g/mol. The molecule has 0 aliphatic carbocycles. The van der Waals surface area contributed by atoms with Crippen LogP contribution in [0.1, 0.15) is 47.5 Å². The van der Waals surface area contributed by atoms with Gasteiger partial charge in [-0.25, -0.2) is 4.98 Å². The molecule has 0 saturated carbocycles. The zero-order valence-corrected chi connectivity index (χ0v) is 22.8. The van der Waals surface area contributed by atoms with Crippen LogP contribution in [0.25, 0.3) is 10.9 Å². The van der Waals surface area contributed by atoms with Gasteiger partial charge < -0.3 is 19.5 Å². The number of nitrogens with zero attached hydrogens (tertiary/aromatic N) is 2. The van der Waals surface area contributed by atoms with Crippen molar-refractivity contribution in [3.05, 3.63) is 64.8 Å². The molecule has 1 N–H and O–H groups in total. The van der Waals surface area contributed by atoms with E-state index >= 15 is 0 Å². The molecular weight excluding hydrogens is 506 g/mol. The molecule has 2 aromatic carbocycles.